The maximum Gasteiger partial charge on any atom is 0.254 e. The highest BCUT2D eigenvalue weighted by Gasteiger charge is 2.34. The summed E-state index contributed by atoms with van der Waals surface area (Å²) in [5.41, 5.74) is 4.78. The Morgan fingerprint density at radius 2 is 2.00 bits per heavy atom. The van der Waals surface area contributed by atoms with E-state index in [1.807, 2.05) is 26.1 Å². The molecule has 1 atom stereocenters. The van der Waals surface area contributed by atoms with E-state index in [1.165, 1.54) is 16.7 Å². The lowest BCUT2D eigenvalue weighted by atomic mass is 9.88. The van der Waals surface area contributed by atoms with Gasteiger partial charge >= 0.3 is 0 Å². The summed E-state index contributed by atoms with van der Waals surface area (Å²) in [4.78, 5) is 22.0. The summed E-state index contributed by atoms with van der Waals surface area (Å²) < 4.78 is 5.65. The van der Waals surface area contributed by atoms with Crippen molar-refractivity contribution in [1.29, 1.82) is 0 Å². The number of likely N-dealkylation sites (tertiary alicyclic amines) is 1. The van der Waals surface area contributed by atoms with Crippen molar-refractivity contribution < 1.29 is 9.53 Å². The molecule has 1 unspecified atom stereocenters. The van der Waals surface area contributed by atoms with E-state index < -0.39 is 0 Å². The SMILES string of the molecule is CC(C)Oc1ccc(CN2CCC(c3ccc4c(c3)CN(C3CCCNC3)C4=O)CC2)cn1. The second kappa shape index (κ2) is 9.82. The molecule has 0 spiro atoms. The average Bonchev–Trinajstić information content (AvgIpc) is 3.17. The van der Waals surface area contributed by atoms with Gasteiger partial charge in [0.15, 0.2) is 0 Å². The second-order valence-corrected chi connectivity index (χ2v) is 10.1. The normalized spacial score (nSPS) is 22.1. The predicted octanol–water partition coefficient (Wildman–Crippen LogP) is 3.96. The van der Waals surface area contributed by atoms with Crippen LogP contribution in [0.3, 0.4) is 0 Å². The van der Waals surface area contributed by atoms with Crippen molar-refractivity contribution in [1.82, 2.24) is 20.1 Å². The van der Waals surface area contributed by atoms with Crippen LogP contribution in [0.4, 0.5) is 0 Å². The molecule has 1 aromatic carbocycles. The fourth-order valence-electron chi connectivity index (χ4n) is 5.51. The first-order chi connectivity index (χ1) is 16.1. The zero-order valence-electron chi connectivity index (χ0n) is 19.9. The second-order valence-electron chi connectivity index (χ2n) is 10.1. The number of nitrogens with zero attached hydrogens (tertiary/aromatic N) is 3. The van der Waals surface area contributed by atoms with Gasteiger partial charge in [-0.25, -0.2) is 4.98 Å². The molecule has 3 aliphatic rings. The molecule has 2 fully saturated rings. The van der Waals surface area contributed by atoms with Crippen molar-refractivity contribution in [3.63, 3.8) is 0 Å². The third-order valence-electron chi connectivity index (χ3n) is 7.29. The van der Waals surface area contributed by atoms with Gasteiger partial charge in [-0.15, -0.1) is 0 Å². The van der Waals surface area contributed by atoms with Crippen LogP contribution in [0, 0.1) is 0 Å². The molecule has 0 radical (unpaired) electrons. The number of carbonyl (C=O) groups excluding carboxylic acids is 1. The lowest BCUT2D eigenvalue weighted by molar-refractivity contribution is 0.0674. The minimum Gasteiger partial charge on any atom is -0.475 e. The number of pyridine rings is 1. The van der Waals surface area contributed by atoms with Crippen LogP contribution in [0.5, 0.6) is 5.88 Å². The summed E-state index contributed by atoms with van der Waals surface area (Å²) >= 11 is 0. The average molecular weight is 449 g/mol. The largest absolute Gasteiger partial charge is 0.475 e. The van der Waals surface area contributed by atoms with Gasteiger partial charge in [0.25, 0.3) is 5.91 Å². The molecule has 0 bridgehead atoms. The van der Waals surface area contributed by atoms with Crippen LogP contribution in [0.1, 0.15) is 72.5 Å². The van der Waals surface area contributed by atoms with Gasteiger partial charge in [0.2, 0.25) is 5.88 Å². The van der Waals surface area contributed by atoms with Gasteiger partial charge in [-0.1, -0.05) is 18.2 Å². The van der Waals surface area contributed by atoms with Crippen molar-refractivity contribution in [3.8, 4) is 5.88 Å². The van der Waals surface area contributed by atoms with Crippen LogP contribution in [0.2, 0.25) is 0 Å². The van der Waals surface area contributed by atoms with Gasteiger partial charge in [-0.05, 0) is 87.8 Å². The molecular formula is C27H36N4O2. The molecule has 4 heterocycles. The summed E-state index contributed by atoms with van der Waals surface area (Å²) in [6.07, 6.45) is 6.67. The monoisotopic (exact) mass is 448 g/mol. The number of rotatable bonds is 6. The van der Waals surface area contributed by atoms with E-state index >= 15 is 0 Å². The van der Waals surface area contributed by atoms with Gasteiger partial charge < -0.3 is 15.0 Å². The van der Waals surface area contributed by atoms with Gasteiger partial charge in [0.1, 0.15) is 0 Å². The van der Waals surface area contributed by atoms with Crippen molar-refractivity contribution in [2.45, 2.75) is 70.7 Å². The molecule has 0 aliphatic carbocycles. The highest BCUT2D eigenvalue weighted by Crippen LogP contribution is 2.33. The molecule has 176 valence electrons. The molecule has 6 nitrogen and oxygen atoms in total. The van der Waals surface area contributed by atoms with Crippen LogP contribution >= 0.6 is 0 Å². The minimum atomic E-state index is 0.145. The summed E-state index contributed by atoms with van der Waals surface area (Å²) in [6, 6.07) is 11.0. The first-order valence-corrected chi connectivity index (χ1v) is 12.6. The van der Waals surface area contributed by atoms with Crippen LogP contribution in [0.25, 0.3) is 0 Å². The number of piperidine rings is 2. The van der Waals surface area contributed by atoms with Gasteiger partial charge in [-0.2, -0.15) is 0 Å². The van der Waals surface area contributed by atoms with Gasteiger partial charge in [0.05, 0.1) is 6.10 Å². The zero-order valence-corrected chi connectivity index (χ0v) is 19.9. The number of hydrogen-bond acceptors (Lipinski definition) is 5. The lowest BCUT2D eigenvalue weighted by Crippen LogP contribution is -2.46. The standard InChI is InChI=1S/C27H36N4O2/c1-19(2)33-26-8-5-20(15-29-26)17-30-12-9-21(10-13-30)22-6-7-25-23(14-22)18-31(27(25)32)24-4-3-11-28-16-24/h5-8,14-15,19,21,24,28H,3-4,9-13,16-18H2,1-2H3. The molecule has 2 aromatic rings. The number of hydrogen-bond donors (Lipinski definition) is 1. The highest BCUT2D eigenvalue weighted by molar-refractivity contribution is 5.98. The quantitative estimate of drug-likeness (QED) is 0.725. The Balaban J connectivity index is 1.16. The highest BCUT2D eigenvalue weighted by atomic mass is 16.5. The smallest absolute Gasteiger partial charge is 0.254 e. The Hall–Kier alpha value is -2.44. The molecule has 1 amide bonds. The van der Waals surface area contributed by atoms with E-state index in [4.69, 9.17) is 4.74 Å². The molecule has 1 aromatic heterocycles. The van der Waals surface area contributed by atoms with Crippen molar-refractivity contribution in [3.05, 3.63) is 58.8 Å². The summed E-state index contributed by atoms with van der Waals surface area (Å²) in [5, 5.41) is 3.44. The number of aromatic nitrogens is 1. The molecular weight excluding hydrogens is 412 g/mol. The number of ether oxygens (including phenoxy) is 1. The zero-order chi connectivity index (χ0) is 22.8. The predicted molar refractivity (Wildman–Crippen MR) is 129 cm³/mol. The third kappa shape index (κ3) is 5.07. The summed E-state index contributed by atoms with van der Waals surface area (Å²) in [5.74, 6) is 1.49. The molecule has 0 saturated carbocycles. The Kier molecular flexibility index (Phi) is 6.65. The fourth-order valence-corrected chi connectivity index (χ4v) is 5.51. The van der Waals surface area contributed by atoms with E-state index in [0.29, 0.717) is 17.8 Å². The van der Waals surface area contributed by atoms with Gasteiger partial charge in [-0.3, -0.25) is 9.69 Å². The molecule has 3 aliphatic heterocycles. The number of benzene rings is 1. The Morgan fingerprint density at radius 1 is 1.15 bits per heavy atom. The Labute approximate surface area is 197 Å². The van der Waals surface area contributed by atoms with E-state index in [-0.39, 0.29) is 12.0 Å². The van der Waals surface area contributed by atoms with Crippen LogP contribution in [0.15, 0.2) is 36.5 Å². The van der Waals surface area contributed by atoms with Gasteiger partial charge in [0, 0.05) is 43.5 Å². The number of amides is 1. The molecule has 1 N–H and O–H groups in total. The van der Waals surface area contributed by atoms with E-state index in [2.05, 4.69) is 44.4 Å². The first kappa shape index (κ1) is 22.4. The van der Waals surface area contributed by atoms with Crippen LogP contribution in [-0.2, 0) is 13.1 Å². The number of nitrogens with one attached hydrogen (secondary N) is 1. The topological polar surface area (TPSA) is 57.7 Å². The fraction of sp³-hybridized carbons (Fsp3) is 0.556. The van der Waals surface area contributed by atoms with Crippen LogP contribution < -0.4 is 10.1 Å². The molecule has 2 saturated heterocycles. The van der Waals surface area contributed by atoms with E-state index in [1.54, 1.807) is 0 Å². The van der Waals surface area contributed by atoms with Crippen molar-refractivity contribution in [2.24, 2.45) is 0 Å². The maximum absolute atomic E-state index is 13.0. The minimum absolute atomic E-state index is 0.145. The Morgan fingerprint density at radius 3 is 2.70 bits per heavy atom. The Bertz CT molecular complexity index is 961. The lowest BCUT2D eigenvalue weighted by Gasteiger charge is -2.32. The number of fused-ring (bicyclic) bond motifs is 1. The molecule has 5 rings (SSSR count). The first-order valence-electron chi connectivity index (χ1n) is 12.6. The summed E-state index contributed by atoms with van der Waals surface area (Å²) in [6.45, 7) is 9.92. The molecule has 6 heteroatoms. The van der Waals surface area contributed by atoms with E-state index in [0.717, 1.165) is 70.5 Å². The molecule has 33 heavy (non-hydrogen) atoms. The summed E-state index contributed by atoms with van der Waals surface area (Å²) in [7, 11) is 0. The van der Waals surface area contributed by atoms with Crippen LogP contribution in [-0.4, -0.2) is 59.0 Å². The van der Waals surface area contributed by atoms with Crippen molar-refractivity contribution >= 4 is 5.91 Å². The maximum atomic E-state index is 13.0. The number of carbonyl (C=O) groups is 1. The third-order valence-corrected chi connectivity index (χ3v) is 7.29. The van der Waals surface area contributed by atoms with Crippen molar-refractivity contribution in [2.75, 3.05) is 26.2 Å². The van der Waals surface area contributed by atoms with E-state index in [9.17, 15) is 4.79 Å².